The Hall–Kier alpha value is -4.53. The van der Waals surface area contributed by atoms with Crippen molar-refractivity contribution in [2.24, 2.45) is 0 Å². The van der Waals surface area contributed by atoms with Gasteiger partial charge in [-0.25, -0.2) is 14.3 Å². The lowest BCUT2D eigenvalue weighted by molar-refractivity contribution is 0.0119. The minimum atomic E-state index is -0.656. The molecule has 0 spiro atoms. The van der Waals surface area contributed by atoms with E-state index in [2.05, 4.69) is 16.3 Å². The van der Waals surface area contributed by atoms with Gasteiger partial charge in [-0.3, -0.25) is 9.59 Å². The van der Waals surface area contributed by atoms with Gasteiger partial charge in [0, 0.05) is 31.4 Å². The van der Waals surface area contributed by atoms with Gasteiger partial charge in [0.1, 0.15) is 11.4 Å². The van der Waals surface area contributed by atoms with Crippen LogP contribution in [0.3, 0.4) is 0 Å². The molecule has 9 heteroatoms. The highest BCUT2D eigenvalue weighted by Crippen LogP contribution is 2.38. The van der Waals surface area contributed by atoms with Gasteiger partial charge in [-0.05, 0) is 67.6 Å². The molecule has 0 aliphatic carbocycles. The maximum absolute atomic E-state index is 15.2. The lowest BCUT2D eigenvalue weighted by atomic mass is 9.85. The standard InChI is InChI=1S/C32H31FN4O4/c1-32(2,3)41-31(40)36-17-21-8-6-7-20-13-14-37(27(18-36)28(20)21)30(39)24-15-19(11-12-25(24)33)16-26-22-9-4-5-10-23(22)29(38)35-34-26/h4-12,15,27H,13-14,16-18H2,1-3H3,(H,35,38). The number of rotatable bonds is 3. The zero-order valence-electron chi connectivity index (χ0n) is 23.2. The van der Waals surface area contributed by atoms with Crippen molar-refractivity contribution >= 4 is 22.8 Å². The molecule has 3 heterocycles. The first-order chi connectivity index (χ1) is 19.6. The predicted molar refractivity (Wildman–Crippen MR) is 152 cm³/mol. The number of carbonyl (C=O) groups excluding carboxylic acids is 2. The fourth-order valence-electron chi connectivity index (χ4n) is 5.88. The number of amides is 2. The molecule has 0 radical (unpaired) electrons. The second kappa shape index (κ2) is 10.1. The number of ether oxygens (including phenoxy) is 1. The van der Waals surface area contributed by atoms with Crippen molar-refractivity contribution in [3.8, 4) is 0 Å². The van der Waals surface area contributed by atoms with Crippen LogP contribution in [0, 0.1) is 5.82 Å². The van der Waals surface area contributed by atoms with Crippen molar-refractivity contribution in [3.05, 3.63) is 110 Å². The van der Waals surface area contributed by atoms with Gasteiger partial charge in [-0.1, -0.05) is 42.5 Å². The molecule has 0 saturated heterocycles. The van der Waals surface area contributed by atoms with E-state index in [9.17, 15) is 14.4 Å². The number of hydrogen-bond donors (Lipinski definition) is 1. The van der Waals surface area contributed by atoms with Crippen LogP contribution in [0.2, 0.25) is 0 Å². The quantitative estimate of drug-likeness (QED) is 0.378. The first-order valence-corrected chi connectivity index (χ1v) is 13.7. The van der Waals surface area contributed by atoms with Gasteiger partial charge in [-0.2, -0.15) is 5.10 Å². The number of nitrogens with zero attached hydrogens (tertiary/aromatic N) is 3. The van der Waals surface area contributed by atoms with E-state index < -0.39 is 29.5 Å². The van der Waals surface area contributed by atoms with E-state index >= 15 is 4.39 Å². The number of carbonyl (C=O) groups is 2. The molecule has 3 aromatic carbocycles. The van der Waals surface area contributed by atoms with Crippen LogP contribution in [-0.4, -0.2) is 50.7 Å². The maximum atomic E-state index is 15.2. The molecule has 1 atom stereocenters. The van der Waals surface area contributed by atoms with E-state index in [-0.39, 0.29) is 17.7 Å². The van der Waals surface area contributed by atoms with E-state index in [4.69, 9.17) is 4.74 Å². The average molecular weight is 555 g/mol. The lowest BCUT2D eigenvalue weighted by Crippen LogP contribution is -2.50. The fraction of sp³-hybridized carbons (Fsp3) is 0.312. The number of aromatic amines is 1. The molecule has 210 valence electrons. The Morgan fingerprint density at radius 2 is 1.80 bits per heavy atom. The molecule has 1 aromatic heterocycles. The van der Waals surface area contributed by atoms with E-state index in [1.165, 1.54) is 6.07 Å². The fourth-order valence-corrected chi connectivity index (χ4v) is 5.88. The minimum absolute atomic E-state index is 0.0356. The Morgan fingerprint density at radius 1 is 1.05 bits per heavy atom. The largest absolute Gasteiger partial charge is 0.444 e. The Labute approximate surface area is 236 Å². The molecule has 1 N–H and O–H groups in total. The molecular weight excluding hydrogens is 523 g/mol. The lowest BCUT2D eigenvalue weighted by Gasteiger charge is -2.44. The molecule has 1 unspecified atom stereocenters. The zero-order chi connectivity index (χ0) is 28.9. The number of nitrogens with one attached hydrogen (secondary N) is 1. The molecule has 2 aliphatic heterocycles. The zero-order valence-corrected chi connectivity index (χ0v) is 23.2. The van der Waals surface area contributed by atoms with E-state index in [1.807, 2.05) is 45.0 Å². The molecule has 6 rings (SSSR count). The molecular formula is C32H31FN4O4. The van der Waals surface area contributed by atoms with Gasteiger partial charge in [0.25, 0.3) is 11.5 Å². The molecule has 41 heavy (non-hydrogen) atoms. The first kappa shape index (κ1) is 26.7. The summed E-state index contributed by atoms with van der Waals surface area (Å²) in [6, 6.07) is 17.2. The molecule has 0 bridgehead atoms. The highest BCUT2D eigenvalue weighted by atomic mass is 19.1. The molecule has 8 nitrogen and oxygen atoms in total. The predicted octanol–water partition coefficient (Wildman–Crippen LogP) is 5.14. The summed E-state index contributed by atoms with van der Waals surface area (Å²) in [5.41, 5.74) is 3.49. The molecule has 0 fully saturated rings. The van der Waals surface area contributed by atoms with Gasteiger partial charge < -0.3 is 14.5 Å². The molecule has 2 amide bonds. The first-order valence-electron chi connectivity index (χ1n) is 13.7. The average Bonchev–Trinajstić information content (AvgIpc) is 2.94. The molecule has 2 aliphatic rings. The molecule has 0 saturated carbocycles. The van der Waals surface area contributed by atoms with Gasteiger partial charge >= 0.3 is 6.09 Å². The summed E-state index contributed by atoms with van der Waals surface area (Å²) in [4.78, 5) is 42.5. The van der Waals surface area contributed by atoms with Gasteiger partial charge in [0.15, 0.2) is 0 Å². The van der Waals surface area contributed by atoms with Gasteiger partial charge in [0.2, 0.25) is 0 Å². The van der Waals surface area contributed by atoms with Crippen LogP contribution >= 0.6 is 0 Å². The van der Waals surface area contributed by atoms with Crippen LogP contribution in [-0.2, 0) is 24.1 Å². The smallest absolute Gasteiger partial charge is 0.410 e. The number of fused-ring (bicyclic) bond motifs is 1. The third-order valence-corrected chi connectivity index (χ3v) is 7.69. The number of benzene rings is 3. The van der Waals surface area contributed by atoms with Crippen molar-refractivity contribution in [2.45, 2.75) is 51.8 Å². The summed E-state index contributed by atoms with van der Waals surface area (Å²) in [7, 11) is 0. The van der Waals surface area contributed by atoms with E-state index in [1.54, 1.807) is 34.1 Å². The Balaban J connectivity index is 1.32. The summed E-state index contributed by atoms with van der Waals surface area (Å²) in [5, 5.41) is 7.98. The summed E-state index contributed by atoms with van der Waals surface area (Å²) < 4.78 is 20.9. The second-order valence-electron chi connectivity index (χ2n) is 11.7. The summed E-state index contributed by atoms with van der Waals surface area (Å²) >= 11 is 0. The monoisotopic (exact) mass is 554 g/mol. The van der Waals surface area contributed by atoms with Crippen LogP contribution in [0.25, 0.3) is 10.8 Å². The van der Waals surface area contributed by atoms with Crippen LogP contribution in [0.1, 0.15) is 65.1 Å². The Morgan fingerprint density at radius 3 is 2.59 bits per heavy atom. The highest BCUT2D eigenvalue weighted by Gasteiger charge is 2.40. The van der Waals surface area contributed by atoms with Crippen molar-refractivity contribution in [1.82, 2.24) is 20.0 Å². The van der Waals surface area contributed by atoms with Crippen molar-refractivity contribution in [3.63, 3.8) is 0 Å². The van der Waals surface area contributed by atoms with Crippen molar-refractivity contribution < 1.29 is 18.7 Å². The second-order valence-corrected chi connectivity index (χ2v) is 11.7. The van der Waals surface area contributed by atoms with Crippen molar-refractivity contribution in [1.29, 1.82) is 0 Å². The SMILES string of the molecule is CC(C)(C)OC(=O)N1Cc2cccc3c2C(C1)N(C(=O)c1cc(Cc2n[nH]c(=O)c4ccccc24)ccc1F)CC3. The van der Waals surface area contributed by atoms with E-state index in [0.29, 0.717) is 48.0 Å². The Kier molecular flexibility index (Phi) is 6.60. The number of H-pyrrole nitrogens is 1. The molecule has 4 aromatic rings. The number of aromatic nitrogens is 2. The third-order valence-electron chi connectivity index (χ3n) is 7.69. The van der Waals surface area contributed by atoms with Crippen LogP contribution in [0.15, 0.2) is 65.5 Å². The number of hydrogen-bond acceptors (Lipinski definition) is 5. The topological polar surface area (TPSA) is 95.6 Å². The highest BCUT2D eigenvalue weighted by molar-refractivity contribution is 5.95. The van der Waals surface area contributed by atoms with Crippen molar-refractivity contribution in [2.75, 3.05) is 13.1 Å². The summed E-state index contributed by atoms with van der Waals surface area (Å²) in [6.45, 7) is 6.51. The van der Waals surface area contributed by atoms with Crippen LogP contribution in [0.5, 0.6) is 0 Å². The summed E-state index contributed by atoms with van der Waals surface area (Å²) in [5.74, 6) is -1.04. The minimum Gasteiger partial charge on any atom is -0.444 e. The van der Waals surface area contributed by atoms with Gasteiger partial charge in [-0.15, -0.1) is 0 Å². The summed E-state index contributed by atoms with van der Waals surface area (Å²) in [6.07, 6.45) is 0.507. The van der Waals surface area contributed by atoms with Crippen LogP contribution < -0.4 is 5.56 Å². The van der Waals surface area contributed by atoms with Gasteiger partial charge in [0.05, 0.1) is 22.7 Å². The normalized spacial score (nSPS) is 16.4. The van der Waals surface area contributed by atoms with Crippen LogP contribution in [0.4, 0.5) is 9.18 Å². The van der Waals surface area contributed by atoms with E-state index in [0.717, 1.165) is 16.7 Å². The number of halogens is 1. The third kappa shape index (κ3) is 5.08. The maximum Gasteiger partial charge on any atom is 0.410 e. The Bertz CT molecular complexity index is 1740.